The lowest BCUT2D eigenvalue weighted by Gasteiger charge is -2.26. The molecule has 1 N–H and O–H groups in total. The maximum Gasteiger partial charge on any atom is 0.307 e. The number of rotatable bonds is 8. The third-order valence-electron chi connectivity index (χ3n) is 5.48. The monoisotopic (exact) mass is 399 g/mol. The van der Waals surface area contributed by atoms with Crippen LogP contribution in [0.2, 0.25) is 5.02 Å². The number of anilines is 2. The predicted molar refractivity (Wildman–Crippen MR) is 108 cm³/mol. The van der Waals surface area contributed by atoms with Crippen LogP contribution in [0.4, 0.5) is 11.4 Å². The fourth-order valence-corrected chi connectivity index (χ4v) is 3.67. The van der Waals surface area contributed by atoms with Crippen LogP contribution >= 0.6 is 11.6 Å². The van der Waals surface area contributed by atoms with Gasteiger partial charge in [0.05, 0.1) is 18.6 Å². The van der Waals surface area contributed by atoms with E-state index >= 15 is 0 Å². The number of carbonyl (C=O) groups is 2. The van der Waals surface area contributed by atoms with E-state index in [9.17, 15) is 9.59 Å². The summed E-state index contributed by atoms with van der Waals surface area (Å²) in [7, 11) is 1.53. The van der Waals surface area contributed by atoms with Crippen LogP contribution in [-0.4, -0.2) is 30.5 Å². The topological polar surface area (TPSA) is 66.8 Å². The average Bonchev–Trinajstić information content (AvgIpc) is 3.60. The Morgan fingerprint density at radius 3 is 2.36 bits per heavy atom. The average molecular weight is 400 g/mol. The Hall–Kier alpha value is -2.53. The van der Waals surface area contributed by atoms with Crippen molar-refractivity contribution in [1.29, 1.82) is 0 Å². The minimum atomic E-state index is -0.910. The summed E-state index contributed by atoms with van der Waals surface area (Å²) in [5.41, 5.74) is 2.42. The van der Waals surface area contributed by atoms with Gasteiger partial charge in [-0.2, -0.15) is 0 Å². The highest BCUT2D eigenvalue weighted by atomic mass is 35.5. The summed E-state index contributed by atoms with van der Waals surface area (Å²) in [6, 6.07) is 13.2. The van der Waals surface area contributed by atoms with Crippen molar-refractivity contribution in [2.24, 2.45) is 17.8 Å². The number of Topliss-reactive ketones (excluding diaryl/α,β-unsaturated/α-hetero) is 1. The lowest BCUT2D eigenvalue weighted by atomic mass is 10.0. The summed E-state index contributed by atoms with van der Waals surface area (Å²) < 4.78 is 5.49. The van der Waals surface area contributed by atoms with Gasteiger partial charge in [-0.15, -0.1) is 0 Å². The molecule has 5 nitrogen and oxygen atoms in total. The Balaban J connectivity index is 1.63. The maximum absolute atomic E-state index is 12.7. The molecule has 0 radical (unpaired) electrons. The number of ketones is 1. The van der Waals surface area contributed by atoms with Crippen LogP contribution in [0.5, 0.6) is 5.75 Å². The van der Waals surface area contributed by atoms with Crippen LogP contribution in [0, 0.1) is 17.8 Å². The highest BCUT2D eigenvalue weighted by molar-refractivity contribution is 6.30. The van der Waals surface area contributed by atoms with Crippen molar-refractivity contribution in [3.05, 3.63) is 53.1 Å². The van der Waals surface area contributed by atoms with Crippen molar-refractivity contribution in [1.82, 2.24) is 0 Å². The minimum Gasteiger partial charge on any atom is -0.496 e. The summed E-state index contributed by atoms with van der Waals surface area (Å²) in [5, 5.41) is 9.78. The first-order valence-corrected chi connectivity index (χ1v) is 9.84. The smallest absolute Gasteiger partial charge is 0.307 e. The molecule has 0 aliphatic heterocycles. The van der Waals surface area contributed by atoms with Gasteiger partial charge in [-0.1, -0.05) is 11.6 Å². The van der Waals surface area contributed by atoms with E-state index in [-0.39, 0.29) is 5.78 Å². The fraction of sp³-hybridized carbons (Fsp3) is 0.364. The van der Waals surface area contributed by atoms with E-state index in [1.165, 1.54) is 20.0 Å². The number of benzene rings is 2. The van der Waals surface area contributed by atoms with E-state index in [2.05, 4.69) is 4.90 Å². The van der Waals surface area contributed by atoms with Gasteiger partial charge in [0.1, 0.15) is 5.75 Å². The molecule has 2 unspecified atom stereocenters. The van der Waals surface area contributed by atoms with E-state index < -0.39 is 17.8 Å². The number of ether oxygens (including phenoxy) is 1. The van der Waals surface area contributed by atoms with Gasteiger partial charge in [-0.3, -0.25) is 9.59 Å². The Labute approximate surface area is 168 Å². The second kappa shape index (κ2) is 7.47. The molecule has 146 valence electrons. The van der Waals surface area contributed by atoms with Crippen LogP contribution < -0.4 is 9.64 Å². The number of halogens is 1. The number of carboxylic acids is 1. The molecule has 0 saturated heterocycles. The predicted octanol–water partition coefficient (Wildman–Crippen LogP) is 4.80. The Morgan fingerprint density at radius 2 is 1.79 bits per heavy atom. The minimum absolute atomic E-state index is 0.156. The lowest BCUT2D eigenvalue weighted by Crippen LogP contribution is -2.20. The van der Waals surface area contributed by atoms with Crippen molar-refractivity contribution in [3.63, 3.8) is 0 Å². The zero-order chi connectivity index (χ0) is 19.8. The number of carboxylic acid groups (broad SMARTS) is 1. The van der Waals surface area contributed by atoms with E-state index in [0.717, 1.165) is 17.9 Å². The fourth-order valence-electron chi connectivity index (χ4n) is 3.55. The molecule has 0 amide bonds. The highest BCUT2D eigenvalue weighted by Crippen LogP contribution is 2.43. The first-order chi connectivity index (χ1) is 13.5. The molecule has 0 spiro atoms. The molecule has 6 heteroatoms. The second-order valence-electron chi connectivity index (χ2n) is 7.57. The summed E-state index contributed by atoms with van der Waals surface area (Å²) in [6.07, 6.45) is 2.84. The SMILES string of the molecule is COc1cc(N(CC2CC2)c2ccc(Cl)cc2)ccc1C(=O)C1CC1C(=O)O. The van der Waals surface area contributed by atoms with Crippen LogP contribution in [0.1, 0.15) is 29.6 Å². The zero-order valence-corrected chi connectivity index (χ0v) is 16.4. The van der Waals surface area contributed by atoms with Gasteiger partial charge in [-0.25, -0.2) is 0 Å². The molecule has 2 saturated carbocycles. The van der Waals surface area contributed by atoms with Gasteiger partial charge in [0.2, 0.25) is 0 Å². The van der Waals surface area contributed by atoms with Crippen LogP contribution in [0.25, 0.3) is 0 Å². The molecule has 2 aliphatic rings. The number of aliphatic carboxylic acids is 1. The summed E-state index contributed by atoms with van der Waals surface area (Å²) in [4.78, 5) is 26.0. The third-order valence-corrected chi connectivity index (χ3v) is 5.73. The molecule has 2 aliphatic carbocycles. The van der Waals surface area contributed by atoms with E-state index in [1.807, 2.05) is 36.4 Å². The molecular formula is C22H22ClNO4. The molecule has 0 aromatic heterocycles. The van der Waals surface area contributed by atoms with Crippen molar-refractivity contribution in [3.8, 4) is 5.75 Å². The number of carbonyl (C=O) groups excluding carboxylic acids is 1. The zero-order valence-electron chi connectivity index (χ0n) is 15.6. The Morgan fingerprint density at radius 1 is 1.11 bits per heavy atom. The molecule has 0 heterocycles. The standard InChI is InChI=1S/C22H22ClNO4/c1-28-20-10-16(8-9-17(20)21(25)18-11-19(18)22(26)27)24(12-13-2-3-13)15-6-4-14(23)5-7-15/h4-10,13,18-19H,2-3,11-12H2,1H3,(H,26,27). The maximum atomic E-state index is 12.7. The number of hydrogen-bond acceptors (Lipinski definition) is 4. The highest BCUT2D eigenvalue weighted by Gasteiger charge is 2.48. The molecule has 2 atom stereocenters. The van der Waals surface area contributed by atoms with Crippen molar-refractivity contribution in [2.75, 3.05) is 18.6 Å². The quantitative estimate of drug-likeness (QED) is 0.646. The van der Waals surface area contributed by atoms with Crippen LogP contribution in [0.3, 0.4) is 0 Å². The molecule has 0 bridgehead atoms. The van der Waals surface area contributed by atoms with Gasteiger partial charge in [0, 0.05) is 34.9 Å². The Bertz CT molecular complexity index is 907. The van der Waals surface area contributed by atoms with Crippen LogP contribution in [-0.2, 0) is 4.79 Å². The third kappa shape index (κ3) is 3.85. The Kier molecular flexibility index (Phi) is 5.02. The lowest BCUT2D eigenvalue weighted by molar-refractivity contribution is -0.138. The number of hydrogen-bond donors (Lipinski definition) is 1. The normalized spacial score (nSPS) is 20.5. The van der Waals surface area contributed by atoms with Gasteiger partial charge >= 0.3 is 5.97 Å². The van der Waals surface area contributed by atoms with Gasteiger partial charge < -0.3 is 14.7 Å². The summed E-state index contributed by atoms with van der Waals surface area (Å²) in [5.74, 6) is -0.948. The second-order valence-corrected chi connectivity index (χ2v) is 8.00. The molecular weight excluding hydrogens is 378 g/mol. The molecule has 2 fully saturated rings. The number of methoxy groups -OCH3 is 1. The first kappa shape index (κ1) is 18.8. The van der Waals surface area contributed by atoms with Gasteiger partial charge in [0.15, 0.2) is 5.78 Å². The van der Waals surface area contributed by atoms with Gasteiger partial charge in [0.25, 0.3) is 0 Å². The molecule has 28 heavy (non-hydrogen) atoms. The molecule has 2 aromatic carbocycles. The first-order valence-electron chi connectivity index (χ1n) is 9.46. The van der Waals surface area contributed by atoms with Crippen molar-refractivity contribution in [2.45, 2.75) is 19.3 Å². The van der Waals surface area contributed by atoms with Crippen molar-refractivity contribution < 1.29 is 19.4 Å². The van der Waals surface area contributed by atoms with E-state index in [4.69, 9.17) is 21.4 Å². The molecule has 2 aromatic rings. The number of nitrogens with zero attached hydrogens (tertiary/aromatic N) is 1. The van der Waals surface area contributed by atoms with Crippen molar-refractivity contribution >= 4 is 34.7 Å². The summed E-state index contributed by atoms with van der Waals surface area (Å²) in [6.45, 7) is 0.891. The van der Waals surface area contributed by atoms with E-state index in [0.29, 0.717) is 28.7 Å². The summed E-state index contributed by atoms with van der Waals surface area (Å²) >= 11 is 6.04. The van der Waals surface area contributed by atoms with Gasteiger partial charge in [-0.05, 0) is 61.6 Å². The van der Waals surface area contributed by atoms with Crippen LogP contribution in [0.15, 0.2) is 42.5 Å². The largest absolute Gasteiger partial charge is 0.496 e. The molecule has 4 rings (SSSR count). The van der Waals surface area contributed by atoms with E-state index in [1.54, 1.807) is 6.07 Å².